The van der Waals surface area contributed by atoms with Gasteiger partial charge in [-0.1, -0.05) is 57.2 Å². The van der Waals surface area contributed by atoms with Crippen LogP contribution in [0, 0.1) is 0 Å². The number of amides is 2. The van der Waals surface area contributed by atoms with E-state index >= 15 is 0 Å². The first kappa shape index (κ1) is 31.4. The van der Waals surface area contributed by atoms with Gasteiger partial charge in [-0.2, -0.15) is 0 Å². The molecule has 1 aromatic heterocycles. The van der Waals surface area contributed by atoms with Gasteiger partial charge in [0, 0.05) is 36.7 Å². The Morgan fingerprint density at radius 2 is 1.74 bits per heavy atom. The summed E-state index contributed by atoms with van der Waals surface area (Å²) in [6.07, 6.45) is 10.4. The molecular formula is C31H42N6O4S. The second-order valence-electron chi connectivity index (χ2n) is 10.5. The molecule has 1 saturated heterocycles. The molecule has 2 heterocycles. The van der Waals surface area contributed by atoms with E-state index in [1.165, 1.54) is 42.8 Å². The fraction of sp³-hybridized carbons (Fsp3) is 0.419. The molecule has 1 aliphatic heterocycles. The number of rotatable bonds is 17. The highest BCUT2D eigenvalue weighted by molar-refractivity contribution is 7.92. The van der Waals surface area contributed by atoms with Crippen LogP contribution in [0.1, 0.15) is 62.7 Å². The fourth-order valence-electron chi connectivity index (χ4n) is 4.78. The van der Waals surface area contributed by atoms with Crippen molar-refractivity contribution in [2.24, 2.45) is 0 Å². The predicted octanol–water partition coefficient (Wildman–Crippen LogP) is 4.81. The molecule has 1 aliphatic rings. The van der Waals surface area contributed by atoms with Gasteiger partial charge in [-0.15, -0.1) is 0 Å². The highest BCUT2D eigenvalue weighted by Crippen LogP contribution is 2.23. The molecule has 0 aliphatic carbocycles. The van der Waals surface area contributed by atoms with E-state index in [0.717, 1.165) is 30.4 Å². The fourth-order valence-corrected chi connectivity index (χ4v) is 5.84. The Morgan fingerprint density at radius 1 is 1.00 bits per heavy atom. The number of benzene rings is 2. The number of carbonyl (C=O) groups excluding carboxylic acids is 1. The monoisotopic (exact) mass is 594 g/mol. The number of hydrogen-bond acceptors (Lipinski definition) is 7. The highest BCUT2D eigenvalue weighted by atomic mass is 32.2. The number of nitrogens with one attached hydrogen (secondary N) is 3. The number of hydrazine groups is 1. The van der Waals surface area contributed by atoms with Crippen molar-refractivity contribution < 1.29 is 18.3 Å². The average molecular weight is 595 g/mol. The smallest absolute Gasteiger partial charge is 0.340 e. The van der Waals surface area contributed by atoms with Crippen LogP contribution in [-0.4, -0.2) is 55.7 Å². The Hall–Kier alpha value is -3.51. The summed E-state index contributed by atoms with van der Waals surface area (Å²) in [7, 11) is -3.80. The predicted molar refractivity (Wildman–Crippen MR) is 165 cm³/mol. The zero-order valence-corrected chi connectivity index (χ0v) is 25.0. The lowest BCUT2D eigenvalue weighted by Gasteiger charge is -2.17. The Kier molecular flexibility index (Phi) is 11.7. The number of aliphatic hydroxyl groups excluding tert-OH is 1. The summed E-state index contributed by atoms with van der Waals surface area (Å²) in [5, 5.41) is 14.9. The van der Waals surface area contributed by atoms with Crippen molar-refractivity contribution in [3.05, 3.63) is 84.2 Å². The van der Waals surface area contributed by atoms with Gasteiger partial charge in [0.2, 0.25) is 0 Å². The van der Waals surface area contributed by atoms with E-state index < -0.39 is 16.1 Å². The number of aromatic nitrogens is 1. The summed E-state index contributed by atoms with van der Waals surface area (Å²) in [6.45, 7) is 4.42. The van der Waals surface area contributed by atoms with E-state index in [1.54, 1.807) is 47.6 Å². The summed E-state index contributed by atoms with van der Waals surface area (Å²) in [5.41, 5.74) is 5.96. The second-order valence-corrected chi connectivity index (χ2v) is 12.2. The average Bonchev–Trinajstić information content (AvgIpc) is 3.38. The number of sulfonamides is 1. The van der Waals surface area contributed by atoms with Crippen molar-refractivity contribution in [3.8, 4) is 0 Å². The molecule has 4 N–H and O–H groups in total. The summed E-state index contributed by atoms with van der Waals surface area (Å²) in [6, 6.07) is 17.0. The maximum atomic E-state index is 13.0. The van der Waals surface area contributed by atoms with Gasteiger partial charge in [0.25, 0.3) is 10.0 Å². The molecule has 2 amide bonds. The molecule has 0 spiro atoms. The molecule has 0 bridgehead atoms. The van der Waals surface area contributed by atoms with Crippen molar-refractivity contribution in [2.75, 3.05) is 36.0 Å². The molecule has 0 unspecified atom stereocenters. The van der Waals surface area contributed by atoms with Gasteiger partial charge in [-0.05, 0) is 67.4 Å². The van der Waals surface area contributed by atoms with Crippen molar-refractivity contribution in [3.63, 3.8) is 0 Å². The molecule has 42 heavy (non-hydrogen) atoms. The van der Waals surface area contributed by atoms with Gasteiger partial charge in [-0.25, -0.2) is 23.6 Å². The maximum Gasteiger partial charge on any atom is 0.340 e. The minimum atomic E-state index is -3.80. The molecule has 0 saturated carbocycles. The van der Waals surface area contributed by atoms with Crippen molar-refractivity contribution in [2.45, 2.75) is 62.9 Å². The van der Waals surface area contributed by atoms with E-state index in [2.05, 4.69) is 27.4 Å². The van der Waals surface area contributed by atoms with E-state index in [4.69, 9.17) is 0 Å². The summed E-state index contributed by atoms with van der Waals surface area (Å²) >= 11 is 0. The van der Waals surface area contributed by atoms with Crippen LogP contribution >= 0.6 is 0 Å². The van der Waals surface area contributed by atoms with Crippen LogP contribution in [0.4, 0.5) is 16.2 Å². The molecule has 10 nitrogen and oxygen atoms in total. The number of hydrogen-bond donors (Lipinski definition) is 4. The van der Waals surface area contributed by atoms with E-state index in [9.17, 15) is 18.3 Å². The molecule has 2 aromatic carbocycles. The van der Waals surface area contributed by atoms with E-state index in [-0.39, 0.29) is 10.9 Å². The quantitative estimate of drug-likeness (QED) is 0.165. The zero-order valence-electron chi connectivity index (χ0n) is 24.2. The van der Waals surface area contributed by atoms with Gasteiger partial charge in [-0.3, -0.25) is 9.71 Å². The minimum Gasteiger partial charge on any atom is -0.387 e. The number of urea groups is 1. The molecule has 3 aromatic rings. The minimum absolute atomic E-state index is 0.113. The molecule has 11 heteroatoms. The number of unbranched alkanes of at least 4 members (excludes halogenated alkanes) is 5. The standard InChI is InChI=1S/C31H42N6O4S/c1-2-3-4-5-6-7-21-36-24-34-37(31(36)39)28-14-16-29(17-15-28)42(40,41)35-27-12-10-25(11-13-27)18-20-33-23-30(38)26-9-8-19-32-22-26/h8-17,19,22,30,33-35,38H,2-7,18,20-21,23-24H2,1H3/t30-/m0/s1. The lowest BCUT2D eigenvalue weighted by Crippen LogP contribution is -2.35. The van der Waals surface area contributed by atoms with Gasteiger partial charge in [0.1, 0.15) is 0 Å². The van der Waals surface area contributed by atoms with Gasteiger partial charge in [0.05, 0.1) is 23.4 Å². The van der Waals surface area contributed by atoms with E-state index in [0.29, 0.717) is 37.7 Å². The van der Waals surface area contributed by atoms with Crippen LogP contribution in [0.5, 0.6) is 0 Å². The summed E-state index contributed by atoms with van der Waals surface area (Å²) < 4.78 is 28.6. The lowest BCUT2D eigenvalue weighted by molar-refractivity contribution is 0.174. The largest absolute Gasteiger partial charge is 0.387 e. The van der Waals surface area contributed by atoms with Crippen molar-refractivity contribution in [1.82, 2.24) is 20.6 Å². The van der Waals surface area contributed by atoms with Crippen LogP contribution in [0.2, 0.25) is 0 Å². The lowest BCUT2D eigenvalue weighted by atomic mass is 10.1. The molecular weight excluding hydrogens is 552 g/mol. The first-order valence-corrected chi connectivity index (χ1v) is 16.2. The topological polar surface area (TPSA) is 127 Å². The summed E-state index contributed by atoms with van der Waals surface area (Å²) in [4.78, 5) is 18.7. The highest BCUT2D eigenvalue weighted by Gasteiger charge is 2.29. The van der Waals surface area contributed by atoms with Gasteiger partial charge in [0.15, 0.2) is 0 Å². The van der Waals surface area contributed by atoms with Crippen LogP contribution < -0.4 is 20.5 Å². The molecule has 1 fully saturated rings. The molecule has 0 radical (unpaired) electrons. The number of nitrogens with zero attached hydrogens (tertiary/aromatic N) is 3. The maximum absolute atomic E-state index is 13.0. The third-order valence-electron chi connectivity index (χ3n) is 7.27. The van der Waals surface area contributed by atoms with E-state index in [1.807, 2.05) is 18.2 Å². The van der Waals surface area contributed by atoms with Gasteiger partial charge >= 0.3 is 6.03 Å². The third-order valence-corrected chi connectivity index (χ3v) is 8.67. The first-order chi connectivity index (χ1) is 20.4. The number of pyridine rings is 1. The number of carbonyl (C=O) groups is 1. The molecule has 226 valence electrons. The van der Waals surface area contributed by atoms with Crippen LogP contribution in [0.15, 0.2) is 78.0 Å². The number of aliphatic hydroxyl groups is 1. The van der Waals surface area contributed by atoms with Crippen molar-refractivity contribution >= 4 is 27.4 Å². The molecule has 1 atom stereocenters. The normalized spacial score (nSPS) is 14.4. The Bertz CT molecular complexity index is 1350. The van der Waals surface area contributed by atoms with Crippen LogP contribution in [-0.2, 0) is 16.4 Å². The Labute approximate surface area is 249 Å². The second kappa shape index (κ2) is 15.6. The zero-order chi connectivity index (χ0) is 29.8. The Morgan fingerprint density at radius 3 is 2.45 bits per heavy atom. The third kappa shape index (κ3) is 8.99. The van der Waals surface area contributed by atoms with Crippen molar-refractivity contribution in [1.29, 1.82) is 0 Å². The molecule has 4 rings (SSSR count). The summed E-state index contributed by atoms with van der Waals surface area (Å²) in [5.74, 6) is 0. The van der Waals surface area contributed by atoms with Crippen LogP contribution in [0.3, 0.4) is 0 Å². The SMILES string of the molecule is CCCCCCCCN1CNN(c2ccc(S(=O)(=O)Nc3ccc(CCNC[C@H](O)c4cccnc4)cc3)cc2)C1=O. The van der Waals surface area contributed by atoms with Gasteiger partial charge < -0.3 is 15.3 Å². The first-order valence-electron chi connectivity index (χ1n) is 14.7. The van der Waals surface area contributed by atoms with Crippen LogP contribution in [0.25, 0.3) is 0 Å². The Balaban J connectivity index is 1.22. The number of anilines is 2.